The van der Waals surface area contributed by atoms with Crippen LogP contribution in [0.2, 0.25) is 0 Å². The maximum atomic E-state index is 12.6. The third-order valence-electron chi connectivity index (χ3n) is 6.27. The monoisotopic (exact) mass is 434 g/mol. The SMILES string of the molecule is CCCN(CC)c1cc2nc(C3CCCCC3)[nH]c2cc1NC(=O)OCc1ccccc1. The average molecular weight is 435 g/mol. The number of aromatic amines is 1. The first-order chi connectivity index (χ1) is 15.7. The zero-order chi connectivity index (χ0) is 22.3. The van der Waals surface area contributed by atoms with Gasteiger partial charge in [-0.05, 0) is 43.9 Å². The first kappa shape index (κ1) is 22.2. The fourth-order valence-electron chi connectivity index (χ4n) is 4.58. The highest BCUT2D eigenvalue weighted by Crippen LogP contribution is 2.35. The summed E-state index contributed by atoms with van der Waals surface area (Å²) in [4.78, 5) is 23.4. The zero-order valence-electron chi connectivity index (χ0n) is 19.2. The van der Waals surface area contributed by atoms with Crippen LogP contribution in [-0.4, -0.2) is 29.2 Å². The number of hydrogen-bond donors (Lipinski definition) is 2. The van der Waals surface area contributed by atoms with Crippen molar-refractivity contribution in [1.82, 2.24) is 9.97 Å². The molecule has 0 saturated heterocycles. The number of fused-ring (bicyclic) bond motifs is 1. The molecule has 32 heavy (non-hydrogen) atoms. The molecule has 1 fully saturated rings. The number of anilines is 2. The van der Waals surface area contributed by atoms with E-state index in [1.165, 1.54) is 32.1 Å². The van der Waals surface area contributed by atoms with Crippen molar-refractivity contribution in [3.05, 3.63) is 53.9 Å². The molecule has 0 radical (unpaired) electrons. The molecule has 0 aliphatic heterocycles. The number of nitrogens with zero attached hydrogens (tertiary/aromatic N) is 2. The van der Waals surface area contributed by atoms with E-state index >= 15 is 0 Å². The van der Waals surface area contributed by atoms with Crippen LogP contribution in [0.25, 0.3) is 11.0 Å². The lowest BCUT2D eigenvalue weighted by molar-refractivity contribution is 0.155. The molecule has 1 aromatic heterocycles. The quantitative estimate of drug-likeness (QED) is 0.419. The van der Waals surface area contributed by atoms with Gasteiger partial charge >= 0.3 is 6.09 Å². The van der Waals surface area contributed by atoms with Crippen LogP contribution in [0.1, 0.15) is 69.7 Å². The lowest BCUT2D eigenvalue weighted by atomic mass is 9.89. The second-order valence-corrected chi connectivity index (χ2v) is 8.61. The van der Waals surface area contributed by atoms with Crippen LogP contribution in [-0.2, 0) is 11.3 Å². The molecule has 1 heterocycles. The molecule has 1 aliphatic rings. The summed E-state index contributed by atoms with van der Waals surface area (Å²) in [7, 11) is 0. The topological polar surface area (TPSA) is 70.2 Å². The standard InChI is InChI=1S/C26H34N4O2/c1-3-15-30(4-2)24-17-22-21(27-25(28-22)20-13-9-6-10-14-20)16-23(24)29-26(31)32-18-19-11-7-5-8-12-19/h5,7-8,11-12,16-17,20H,3-4,6,9-10,13-15,18H2,1-2H3,(H,27,28)(H,29,31). The summed E-state index contributed by atoms with van der Waals surface area (Å²) in [6, 6.07) is 13.8. The van der Waals surface area contributed by atoms with Crippen molar-refractivity contribution in [1.29, 1.82) is 0 Å². The van der Waals surface area contributed by atoms with Gasteiger partial charge in [-0.1, -0.05) is 56.5 Å². The van der Waals surface area contributed by atoms with Crippen LogP contribution in [0.4, 0.5) is 16.2 Å². The van der Waals surface area contributed by atoms with E-state index in [0.717, 1.165) is 53.3 Å². The number of benzene rings is 2. The number of ether oxygens (including phenoxy) is 1. The Balaban J connectivity index is 1.59. The molecule has 0 unspecified atom stereocenters. The summed E-state index contributed by atoms with van der Waals surface area (Å²) in [5.74, 6) is 1.58. The first-order valence-electron chi connectivity index (χ1n) is 11.9. The molecular formula is C26H34N4O2. The van der Waals surface area contributed by atoms with Gasteiger partial charge in [-0.3, -0.25) is 5.32 Å². The Morgan fingerprint density at radius 1 is 1.16 bits per heavy atom. The number of rotatable bonds is 8. The molecular weight excluding hydrogens is 400 g/mol. The van der Waals surface area contributed by atoms with Gasteiger partial charge in [0.05, 0.1) is 22.4 Å². The van der Waals surface area contributed by atoms with Crippen LogP contribution in [0.15, 0.2) is 42.5 Å². The van der Waals surface area contributed by atoms with Gasteiger partial charge in [0.15, 0.2) is 0 Å². The molecule has 3 aromatic rings. The van der Waals surface area contributed by atoms with Gasteiger partial charge in [0.1, 0.15) is 12.4 Å². The number of carbonyl (C=O) groups is 1. The largest absolute Gasteiger partial charge is 0.444 e. The van der Waals surface area contributed by atoms with Gasteiger partial charge in [0, 0.05) is 19.0 Å². The summed E-state index contributed by atoms with van der Waals surface area (Å²) < 4.78 is 5.48. The van der Waals surface area contributed by atoms with E-state index in [4.69, 9.17) is 9.72 Å². The lowest BCUT2D eigenvalue weighted by Crippen LogP contribution is -2.25. The number of aromatic nitrogens is 2. The number of amides is 1. The van der Waals surface area contributed by atoms with Crippen molar-refractivity contribution in [3.8, 4) is 0 Å². The number of carbonyl (C=O) groups excluding carboxylic acids is 1. The molecule has 1 aliphatic carbocycles. The Kier molecular flexibility index (Phi) is 7.30. The molecule has 4 rings (SSSR count). The summed E-state index contributed by atoms with van der Waals surface area (Å²) in [5.41, 5.74) is 4.62. The van der Waals surface area contributed by atoms with Gasteiger partial charge in [0.25, 0.3) is 0 Å². The number of hydrogen-bond acceptors (Lipinski definition) is 4. The van der Waals surface area contributed by atoms with E-state index in [9.17, 15) is 4.79 Å². The van der Waals surface area contributed by atoms with Crippen LogP contribution >= 0.6 is 0 Å². The van der Waals surface area contributed by atoms with Crippen LogP contribution in [0, 0.1) is 0 Å². The van der Waals surface area contributed by atoms with E-state index in [-0.39, 0.29) is 6.61 Å². The van der Waals surface area contributed by atoms with Crippen LogP contribution < -0.4 is 10.2 Å². The molecule has 2 aromatic carbocycles. The fraction of sp³-hybridized carbons (Fsp3) is 0.462. The minimum Gasteiger partial charge on any atom is -0.444 e. The Bertz CT molecular complexity index is 1020. The Morgan fingerprint density at radius 3 is 2.66 bits per heavy atom. The van der Waals surface area contributed by atoms with Gasteiger partial charge in [0.2, 0.25) is 0 Å². The molecule has 0 atom stereocenters. The lowest BCUT2D eigenvalue weighted by Gasteiger charge is -2.25. The first-order valence-corrected chi connectivity index (χ1v) is 11.9. The Labute approximate surface area is 190 Å². The Hall–Kier alpha value is -3.02. The van der Waals surface area contributed by atoms with E-state index in [0.29, 0.717) is 5.92 Å². The molecule has 2 N–H and O–H groups in total. The number of H-pyrrole nitrogens is 1. The summed E-state index contributed by atoms with van der Waals surface area (Å²) >= 11 is 0. The van der Waals surface area contributed by atoms with E-state index < -0.39 is 6.09 Å². The third kappa shape index (κ3) is 5.23. The van der Waals surface area contributed by atoms with Gasteiger partial charge < -0.3 is 14.6 Å². The predicted octanol–water partition coefficient (Wildman–Crippen LogP) is 6.60. The molecule has 170 valence electrons. The van der Waals surface area contributed by atoms with Crippen LogP contribution in [0.5, 0.6) is 0 Å². The van der Waals surface area contributed by atoms with E-state index in [1.54, 1.807) is 0 Å². The second kappa shape index (κ2) is 10.5. The predicted molar refractivity (Wildman–Crippen MR) is 130 cm³/mol. The zero-order valence-corrected chi connectivity index (χ0v) is 19.2. The van der Waals surface area contributed by atoms with Crippen molar-refractivity contribution in [2.75, 3.05) is 23.3 Å². The third-order valence-corrected chi connectivity index (χ3v) is 6.27. The Morgan fingerprint density at radius 2 is 1.94 bits per heavy atom. The molecule has 1 amide bonds. The van der Waals surface area contributed by atoms with Crippen molar-refractivity contribution in [3.63, 3.8) is 0 Å². The van der Waals surface area contributed by atoms with E-state index in [1.807, 2.05) is 36.4 Å². The second-order valence-electron chi connectivity index (χ2n) is 8.61. The highest BCUT2D eigenvalue weighted by Gasteiger charge is 2.21. The van der Waals surface area contributed by atoms with E-state index in [2.05, 4.69) is 35.1 Å². The maximum absolute atomic E-state index is 12.6. The highest BCUT2D eigenvalue weighted by atomic mass is 16.5. The van der Waals surface area contributed by atoms with Crippen molar-refractivity contribution in [2.24, 2.45) is 0 Å². The average Bonchev–Trinajstić information content (AvgIpc) is 3.25. The van der Waals surface area contributed by atoms with Crippen molar-refractivity contribution < 1.29 is 9.53 Å². The summed E-state index contributed by atoms with van der Waals surface area (Å²) in [6.45, 7) is 6.31. The fourth-order valence-corrected chi connectivity index (χ4v) is 4.58. The summed E-state index contributed by atoms with van der Waals surface area (Å²) in [6.07, 6.45) is 6.83. The minimum absolute atomic E-state index is 0.243. The normalized spacial score (nSPS) is 14.4. The smallest absolute Gasteiger partial charge is 0.412 e. The molecule has 1 saturated carbocycles. The molecule has 0 spiro atoms. The number of nitrogens with one attached hydrogen (secondary N) is 2. The van der Waals surface area contributed by atoms with Gasteiger partial charge in [-0.25, -0.2) is 9.78 Å². The maximum Gasteiger partial charge on any atom is 0.412 e. The van der Waals surface area contributed by atoms with Gasteiger partial charge in [-0.15, -0.1) is 0 Å². The summed E-state index contributed by atoms with van der Waals surface area (Å²) in [5, 5.41) is 2.98. The minimum atomic E-state index is -0.450. The van der Waals surface area contributed by atoms with Crippen LogP contribution in [0.3, 0.4) is 0 Å². The van der Waals surface area contributed by atoms with Gasteiger partial charge in [-0.2, -0.15) is 0 Å². The highest BCUT2D eigenvalue weighted by molar-refractivity contribution is 5.95. The van der Waals surface area contributed by atoms with Crippen molar-refractivity contribution >= 4 is 28.5 Å². The van der Waals surface area contributed by atoms with Crippen molar-refractivity contribution in [2.45, 2.75) is 64.9 Å². The molecule has 6 heteroatoms. The number of imidazole rings is 1. The molecule has 6 nitrogen and oxygen atoms in total. The molecule has 0 bridgehead atoms.